The van der Waals surface area contributed by atoms with Crippen molar-refractivity contribution in [3.8, 4) is 11.5 Å². The third kappa shape index (κ3) is 3.64. The van der Waals surface area contributed by atoms with Crippen molar-refractivity contribution in [2.45, 2.75) is 12.6 Å². The zero-order valence-corrected chi connectivity index (χ0v) is 15.2. The van der Waals surface area contributed by atoms with Crippen molar-refractivity contribution in [2.75, 3.05) is 32.8 Å². The van der Waals surface area contributed by atoms with Crippen LogP contribution in [0.4, 0.5) is 0 Å². The number of para-hydroxylation sites is 2. The molecule has 1 unspecified atom stereocenters. The van der Waals surface area contributed by atoms with Crippen LogP contribution >= 0.6 is 11.6 Å². The fourth-order valence-corrected chi connectivity index (χ4v) is 3.53. The molecule has 0 saturated carbocycles. The van der Waals surface area contributed by atoms with Gasteiger partial charge in [-0.25, -0.2) is 0 Å². The SMILES string of the molecule is O=C(C1COc2ccccc2O1)N1CCN(Cc2ccccc2Cl)CC1. The Kier molecular flexibility index (Phi) is 5.00. The molecule has 1 saturated heterocycles. The summed E-state index contributed by atoms with van der Waals surface area (Å²) >= 11 is 6.24. The molecular formula is C20H21ClN2O3. The first-order valence-electron chi connectivity index (χ1n) is 8.84. The molecule has 0 spiro atoms. The Labute approximate surface area is 158 Å². The lowest BCUT2D eigenvalue weighted by Crippen LogP contribution is -2.53. The first-order chi connectivity index (χ1) is 12.7. The van der Waals surface area contributed by atoms with E-state index in [1.54, 1.807) is 0 Å². The van der Waals surface area contributed by atoms with E-state index in [1.165, 1.54) is 0 Å². The third-order valence-electron chi connectivity index (χ3n) is 4.82. The molecule has 26 heavy (non-hydrogen) atoms. The predicted octanol–water partition coefficient (Wildman–Crippen LogP) is 2.82. The van der Waals surface area contributed by atoms with Crippen LogP contribution in [0.5, 0.6) is 11.5 Å². The number of ether oxygens (including phenoxy) is 2. The monoisotopic (exact) mass is 372 g/mol. The van der Waals surface area contributed by atoms with Gasteiger partial charge in [-0.05, 0) is 23.8 Å². The van der Waals surface area contributed by atoms with E-state index in [-0.39, 0.29) is 12.5 Å². The largest absolute Gasteiger partial charge is 0.485 e. The lowest BCUT2D eigenvalue weighted by Gasteiger charge is -2.37. The average molecular weight is 373 g/mol. The normalized spacial score (nSPS) is 20.0. The molecule has 2 aliphatic rings. The van der Waals surface area contributed by atoms with Crippen molar-refractivity contribution in [1.29, 1.82) is 0 Å². The highest BCUT2D eigenvalue weighted by molar-refractivity contribution is 6.31. The summed E-state index contributed by atoms with van der Waals surface area (Å²) in [6.45, 7) is 4.08. The molecule has 5 nitrogen and oxygen atoms in total. The van der Waals surface area contributed by atoms with Crippen LogP contribution in [0.2, 0.25) is 5.02 Å². The summed E-state index contributed by atoms with van der Waals surface area (Å²) in [5.74, 6) is 1.33. The molecule has 136 valence electrons. The first-order valence-corrected chi connectivity index (χ1v) is 9.21. The van der Waals surface area contributed by atoms with Crippen LogP contribution in [0.15, 0.2) is 48.5 Å². The fourth-order valence-electron chi connectivity index (χ4n) is 3.34. The van der Waals surface area contributed by atoms with Gasteiger partial charge in [0.15, 0.2) is 11.5 Å². The van der Waals surface area contributed by atoms with Gasteiger partial charge in [-0.3, -0.25) is 9.69 Å². The second kappa shape index (κ2) is 7.56. The second-order valence-electron chi connectivity index (χ2n) is 6.56. The number of amides is 1. The second-order valence-corrected chi connectivity index (χ2v) is 6.96. The van der Waals surface area contributed by atoms with Crippen molar-refractivity contribution in [3.05, 3.63) is 59.1 Å². The molecule has 2 aliphatic heterocycles. The number of hydrogen-bond acceptors (Lipinski definition) is 4. The van der Waals surface area contributed by atoms with Crippen LogP contribution in [-0.2, 0) is 11.3 Å². The van der Waals surface area contributed by atoms with Gasteiger partial charge in [0.1, 0.15) is 6.61 Å². The van der Waals surface area contributed by atoms with Crippen LogP contribution in [0, 0.1) is 0 Å². The molecule has 2 aromatic rings. The summed E-state index contributed by atoms with van der Waals surface area (Å²) in [6, 6.07) is 15.3. The third-order valence-corrected chi connectivity index (χ3v) is 5.19. The molecule has 2 aromatic carbocycles. The van der Waals surface area contributed by atoms with Crippen molar-refractivity contribution < 1.29 is 14.3 Å². The predicted molar refractivity (Wildman–Crippen MR) is 99.7 cm³/mol. The number of hydrogen-bond donors (Lipinski definition) is 0. The summed E-state index contributed by atoms with van der Waals surface area (Å²) < 4.78 is 11.5. The Morgan fingerprint density at radius 2 is 1.69 bits per heavy atom. The van der Waals surface area contributed by atoms with Gasteiger partial charge in [-0.15, -0.1) is 0 Å². The smallest absolute Gasteiger partial charge is 0.267 e. The molecule has 0 aliphatic carbocycles. The summed E-state index contributed by atoms with van der Waals surface area (Å²) in [7, 11) is 0. The molecule has 1 atom stereocenters. The zero-order chi connectivity index (χ0) is 17.9. The number of carbonyl (C=O) groups excluding carboxylic acids is 1. The minimum Gasteiger partial charge on any atom is -0.485 e. The molecule has 0 radical (unpaired) electrons. The van der Waals surface area contributed by atoms with Crippen molar-refractivity contribution in [3.63, 3.8) is 0 Å². The van der Waals surface area contributed by atoms with Gasteiger partial charge < -0.3 is 14.4 Å². The molecule has 0 N–H and O–H groups in total. The Bertz CT molecular complexity index is 790. The molecule has 0 aromatic heterocycles. The minimum atomic E-state index is -0.569. The number of benzene rings is 2. The van der Waals surface area contributed by atoms with Gasteiger partial charge in [0.2, 0.25) is 6.10 Å². The van der Waals surface area contributed by atoms with E-state index in [4.69, 9.17) is 21.1 Å². The fraction of sp³-hybridized carbons (Fsp3) is 0.350. The number of piperazine rings is 1. The molecule has 0 bridgehead atoms. The van der Waals surface area contributed by atoms with Crippen LogP contribution in [-0.4, -0.2) is 54.6 Å². The highest BCUT2D eigenvalue weighted by Crippen LogP contribution is 2.31. The van der Waals surface area contributed by atoms with E-state index >= 15 is 0 Å². The van der Waals surface area contributed by atoms with Gasteiger partial charge in [-0.2, -0.15) is 0 Å². The Balaban J connectivity index is 1.32. The van der Waals surface area contributed by atoms with E-state index in [0.29, 0.717) is 24.6 Å². The van der Waals surface area contributed by atoms with E-state index in [0.717, 1.165) is 30.2 Å². The lowest BCUT2D eigenvalue weighted by atomic mass is 10.2. The van der Waals surface area contributed by atoms with E-state index in [2.05, 4.69) is 4.90 Å². The van der Waals surface area contributed by atoms with Crippen molar-refractivity contribution in [1.82, 2.24) is 9.80 Å². The van der Waals surface area contributed by atoms with Crippen LogP contribution < -0.4 is 9.47 Å². The minimum absolute atomic E-state index is 0.00287. The first kappa shape index (κ1) is 17.2. The standard InChI is InChI=1S/C20H21ClN2O3/c21-16-6-2-1-5-15(16)13-22-9-11-23(12-10-22)20(24)19-14-25-17-7-3-4-8-18(17)26-19/h1-8,19H,9-14H2. The number of halogens is 1. The lowest BCUT2D eigenvalue weighted by molar-refractivity contribution is -0.143. The Hall–Kier alpha value is -2.24. The number of nitrogens with zero attached hydrogens (tertiary/aromatic N) is 2. The van der Waals surface area contributed by atoms with E-state index in [1.807, 2.05) is 53.4 Å². The maximum absolute atomic E-state index is 12.8. The van der Waals surface area contributed by atoms with Crippen molar-refractivity contribution >= 4 is 17.5 Å². The van der Waals surface area contributed by atoms with Crippen LogP contribution in [0.1, 0.15) is 5.56 Å². The maximum atomic E-state index is 12.8. The molecule has 2 heterocycles. The number of rotatable bonds is 3. The molecule has 1 fully saturated rings. The Morgan fingerprint density at radius 1 is 1.00 bits per heavy atom. The number of carbonyl (C=O) groups is 1. The van der Waals surface area contributed by atoms with Gasteiger partial charge in [-0.1, -0.05) is 41.9 Å². The molecule has 4 rings (SSSR count). The van der Waals surface area contributed by atoms with Crippen LogP contribution in [0.3, 0.4) is 0 Å². The summed E-state index contributed by atoms with van der Waals surface area (Å²) in [5, 5.41) is 0.789. The average Bonchev–Trinajstić information content (AvgIpc) is 2.69. The zero-order valence-electron chi connectivity index (χ0n) is 14.4. The maximum Gasteiger partial charge on any atom is 0.267 e. The summed E-state index contributed by atoms with van der Waals surface area (Å²) in [4.78, 5) is 16.9. The number of fused-ring (bicyclic) bond motifs is 1. The van der Waals surface area contributed by atoms with Gasteiger partial charge >= 0.3 is 0 Å². The Morgan fingerprint density at radius 3 is 2.46 bits per heavy atom. The highest BCUT2D eigenvalue weighted by Gasteiger charge is 2.32. The van der Waals surface area contributed by atoms with Gasteiger partial charge in [0, 0.05) is 37.7 Å². The van der Waals surface area contributed by atoms with E-state index < -0.39 is 6.10 Å². The van der Waals surface area contributed by atoms with E-state index in [9.17, 15) is 4.79 Å². The summed E-state index contributed by atoms with van der Waals surface area (Å²) in [6.07, 6.45) is -0.569. The molecule has 6 heteroatoms. The quantitative estimate of drug-likeness (QED) is 0.830. The van der Waals surface area contributed by atoms with Gasteiger partial charge in [0.25, 0.3) is 5.91 Å². The van der Waals surface area contributed by atoms with Gasteiger partial charge in [0.05, 0.1) is 0 Å². The molecule has 1 amide bonds. The van der Waals surface area contributed by atoms with Crippen molar-refractivity contribution in [2.24, 2.45) is 0 Å². The highest BCUT2D eigenvalue weighted by atomic mass is 35.5. The molecular weight excluding hydrogens is 352 g/mol. The van der Waals surface area contributed by atoms with Crippen LogP contribution in [0.25, 0.3) is 0 Å². The topological polar surface area (TPSA) is 42.0 Å². The summed E-state index contributed by atoms with van der Waals surface area (Å²) in [5.41, 5.74) is 1.12.